The number of hydrogen-bond acceptors (Lipinski definition) is 5. The van der Waals surface area contributed by atoms with Crippen LogP contribution in [0.1, 0.15) is 37.0 Å². The number of hydrogen-bond donors (Lipinski definition) is 2. The van der Waals surface area contributed by atoms with Gasteiger partial charge in [-0.1, -0.05) is 0 Å². The molecule has 1 aromatic rings. The number of carboxylic acid groups (broad SMARTS) is 1. The molecule has 1 heterocycles. The number of carbonyl (C=O) groups is 3. The van der Waals surface area contributed by atoms with E-state index in [1.54, 1.807) is 19.1 Å². The number of carbonyl (C=O) groups excluding carboxylic acids is 2. The van der Waals surface area contributed by atoms with Gasteiger partial charge in [0.2, 0.25) is 5.91 Å². The molecule has 0 atom stereocenters. The predicted octanol–water partition coefficient (Wildman–Crippen LogP) is 2.12. The van der Waals surface area contributed by atoms with Gasteiger partial charge in [-0.2, -0.15) is 0 Å². The Kier molecular flexibility index (Phi) is 5.78. The number of ether oxygens (including phenoxy) is 1. The summed E-state index contributed by atoms with van der Waals surface area (Å²) in [4.78, 5) is 36.4. The van der Waals surface area contributed by atoms with Crippen LogP contribution < -0.4 is 10.2 Å². The average Bonchev–Trinajstić information content (AvgIpc) is 2.54. The van der Waals surface area contributed by atoms with Gasteiger partial charge >= 0.3 is 11.9 Å². The quantitative estimate of drug-likeness (QED) is 0.801. The third kappa shape index (κ3) is 4.24. The van der Waals surface area contributed by atoms with Gasteiger partial charge in [0.15, 0.2) is 0 Å². The SMILES string of the molecule is CCOC(=O)C1CCN(c2ccc(NC(C)=O)cc2C(=O)O)CC1. The van der Waals surface area contributed by atoms with E-state index in [9.17, 15) is 19.5 Å². The van der Waals surface area contributed by atoms with E-state index in [-0.39, 0.29) is 23.4 Å². The minimum absolute atomic E-state index is 0.131. The highest BCUT2D eigenvalue weighted by atomic mass is 16.5. The maximum Gasteiger partial charge on any atom is 0.337 e. The van der Waals surface area contributed by atoms with Gasteiger partial charge in [0.25, 0.3) is 0 Å². The molecule has 0 spiro atoms. The summed E-state index contributed by atoms with van der Waals surface area (Å²) in [6.45, 7) is 4.69. The number of benzene rings is 1. The topological polar surface area (TPSA) is 95.9 Å². The van der Waals surface area contributed by atoms with Crippen LogP contribution in [0.5, 0.6) is 0 Å². The minimum atomic E-state index is -1.05. The van der Waals surface area contributed by atoms with Crippen molar-refractivity contribution in [1.29, 1.82) is 0 Å². The lowest BCUT2D eigenvalue weighted by molar-refractivity contribution is -0.148. The fraction of sp³-hybridized carbons (Fsp3) is 0.471. The standard InChI is InChI=1S/C17H22N2O5/c1-3-24-17(23)12-6-8-19(9-7-12)15-5-4-13(18-11(2)20)10-14(15)16(21)22/h4-5,10,12H,3,6-9H2,1-2H3,(H,18,20)(H,21,22). The van der Waals surface area contributed by atoms with Crippen LogP contribution in [-0.4, -0.2) is 42.6 Å². The molecule has 1 aliphatic heterocycles. The van der Waals surface area contributed by atoms with Crippen LogP contribution in [0.3, 0.4) is 0 Å². The number of anilines is 2. The van der Waals surface area contributed by atoms with Crippen molar-refractivity contribution in [2.75, 3.05) is 29.9 Å². The Morgan fingerprint density at radius 3 is 2.50 bits per heavy atom. The molecule has 24 heavy (non-hydrogen) atoms. The van der Waals surface area contributed by atoms with Crippen molar-refractivity contribution in [2.45, 2.75) is 26.7 Å². The number of rotatable bonds is 5. The number of nitrogens with one attached hydrogen (secondary N) is 1. The molecule has 0 aromatic heterocycles. The predicted molar refractivity (Wildman–Crippen MR) is 89.3 cm³/mol. The number of nitrogens with zero attached hydrogens (tertiary/aromatic N) is 1. The van der Waals surface area contributed by atoms with Crippen LogP contribution in [0.2, 0.25) is 0 Å². The van der Waals surface area contributed by atoms with E-state index < -0.39 is 5.97 Å². The molecule has 0 aliphatic carbocycles. The molecule has 0 unspecified atom stereocenters. The maximum atomic E-state index is 11.8. The minimum Gasteiger partial charge on any atom is -0.478 e. The average molecular weight is 334 g/mol. The number of aromatic carboxylic acids is 1. The molecule has 0 radical (unpaired) electrons. The van der Waals surface area contributed by atoms with Crippen molar-refractivity contribution in [1.82, 2.24) is 0 Å². The second kappa shape index (κ2) is 7.81. The Labute approximate surface area is 140 Å². The zero-order valence-electron chi connectivity index (χ0n) is 13.9. The van der Waals surface area contributed by atoms with Crippen LogP contribution in [0, 0.1) is 5.92 Å². The van der Waals surface area contributed by atoms with Crippen molar-refractivity contribution >= 4 is 29.2 Å². The fourth-order valence-electron chi connectivity index (χ4n) is 2.88. The number of piperidine rings is 1. The fourth-order valence-corrected chi connectivity index (χ4v) is 2.88. The van der Waals surface area contributed by atoms with E-state index >= 15 is 0 Å². The lowest BCUT2D eigenvalue weighted by Gasteiger charge is -2.33. The van der Waals surface area contributed by atoms with Gasteiger partial charge in [-0.25, -0.2) is 4.79 Å². The van der Waals surface area contributed by atoms with Crippen LogP contribution >= 0.6 is 0 Å². The molecule has 130 valence electrons. The van der Waals surface area contributed by atoms with Crippen molar-refractivity contribution in [2.24, 2.45) is 5.92 Å². The van der Waals surface area contributed by atoms with E-state index in [0.717, 1.165) is 0 Å². The third-order valence-corrected chi connectivity index (χ3v) is 4.00. The van der Waals surface area contributed by atoms with Gasteiger partial charge in [-0.05, 0) is 38.0 Å². The number of esters is 1. The Hall–Kier alpha value is -2.57. The first-order valence-electron chi connectivity index (χ1n) is 7.99. The molecule has 0 saturated carbocycles. The molecular weight excluding hydrogens is 312 g/mol. The Morgan fingerprint density at radius 1 is 1.29 bits per heavy atom. The molecule has 7 nitrogen and oxygen atoms in total. The molecule has 1 aromatic carbocycles. The summed E-state index contributed by atoms with van der Waals surface area (Å²) in [6.07, 6.45) is 1.26. The molecule has 1 aliphatic rings. The first-order valence-corrected chi connectivity index (χ1v) is 7.99. The molecule has 7 heteroatoms. The van der Waals surface area contributed by atoms with E-state index in [0.29, 0.717) is 43.9 Å². The second-order valence-corrected chi connectivity index (χ2v) is 5.73. The lowest BCUT2D eigenvalue weighted by atomic mass is 9.96. The maximum absolute atomic E-state index is 11.8. The summed E-state index contributed by atoms with van der Waals surface area (Å²) in [5, 5.41) is 12.0. The molecule has 1 saturated heterocycles. The molecule has 0 bridgehead atoms. The van der Waals surface area contributed by atoms with Gasteiger partial charge < -0.3 is 20.1 Å². The van der Waals surface area contributed by atoms with Crippen molar-refractivity contribution in [3.05, 3.63) is 23.8 Å². The molecular formula is C17H22N2O5. The van der Waals surface area contributed by atoms with E-state index in [4.69, 9.17) is 4.74 Å². The van der Waals surface area contributed by atoms with E-state index in [1.807, 2.05) is 4.90 Å². The van der Waals surface area contributed by atoms with Crippen molar-refractivity contribution in [3.63, 3.8) is 0 Å². The van der Waals surface area contributed by atoms with Gasteiger partial charge in [0.05, 0.1) is 23.8 Å². The highest BCUT2D eigenvalue weighted by Gasteiger charge is 2.27. The van der Waals surface area contributed by atoms with Crippen molar-refractivity contribution < 1.29 is 24.2 Å². The number of amides is 1. The Bertz CT molecular complexity index is 636. The summed E-state index contributed by atoms with van der Waals surface area (Å²) in [7, 11) is 0. The van der Waals surface area contributed by atoms with Crippen molar-refractivity contribution in [3.8, 4) is 0 Å². The number of carboxylic acids is 1. The summed E-state index contributed by atoms with van der Waals surface area (Å²) < 4.78 is 5.05. The first kappa shape index (κ1) is 17.8. The summed E-state index contributed by atoms with van der Waals surface area (Å²) in [5.74, 6) is -1.62. The largest absolute Gasteiger partial charge is 0.478 e. The zero-order valence-corrected chi connectivity index (χ0v) is 13.9. The summed E-state index contributed by atoms with van der Waals surface area (Å²) in [5.41, 5.74) is 1.18. The smallest absolute Gasteiger partial charge is 0.337 e. The zero-order chi connectivity index (χ0) is 17.7. The normalized spacial score (nSPS) is 15.0. The lowest BCUT2D eigenvalue weighted by Crippen LogP contribution is -2.37. The van der Waals surface area contributed by atoms with Gasteiger partial charge in [0.1, 0.15) is 0 Å². The highest BCUT2D eigenvalue weighted by Crippen LogP contribution is 2.29. The third-order valence-electron chi connectivity index (χ3n) is 4.00. The van der Waals surface area contributed by atoms with Gasteiger partial charge in [-0.15, -0.1) is 0 Å². The molecule has 1 amide bonds. The Morgan fingerprint density at radius 2 is 1.96 bits per heavy atom. The van der Waals surface area contributed by atoms with Crippen LogP contribution in [0.4, 0.5) is 11.4 Å². The summed E-state index contributed by atoms with van der Waals surface area (Å²) >= 11 is 0. The molecule has 1 fully saturated rings. The van der Waals surface area contributed by atoms with Gasteiger partial charge in [-0.3, -0.25) is 9.59 Å². The van der Waals surface area contributed by atoms with Crippen LogP contribution in [0.15, 0.2) is 18.2 Å². The first-order chi connectivity index (χ1) is 11.4. The molecule has 2 N–H and O–H groups in total. The van der Waals surface area contributed by atoms with E-state index in [2.05, 4.69) is 5.32 Å². The van der Waals surface area contributed by atoms with Gasteiger partial charge in [0, 0.05) is 25.7 Å². The monoisotopic (exact) mass is 334 g/mol. The van der Waals surface area contributed by atoms with Crippen LogP contribution in [0.25, 0.3) is 0 Å². The summed E-state index contributed by atoms with van der Waals surface area (Å²) in [6, 6.07) is 4.83. The van der Waals surface area contributed by atoms with Crippen LogP contribution in [-0.2, 0) is 14.3 Å². The highest BCUT2D eigenvalue weighted by molar-refractivity contribution is 5.97. The molecule has 2 rings (SSSR count). The van der Waals surface area contributed by atoms with E-state index in [1.165, 1.54) is 13.0 Å². The second-order valence-electron chi connectivity index (χ2n) is 5.73. The Balaban J connectivity index is 2.13.